The maximum absolute atomic E-state index is 11.6. The Labute approximate surface area is 131 Å². The lowest BCUT2D eigenvalue weighted by Crippen LogP contribution is -2.21. The first-order chi connectivity index (χ1) is 10.1. The van der Waals surface area contributed by atoms with E-state index in [0.717, 1.165) is 15.6 Å². The highest BCUT2D eigenvalue weighted by Gasteiger charge is 2.34. The normalized spacial score (nSPS) is 19.0. The van der Waals surface area contributed by atoms with Crippen LogP contribution in [0.1, 0.15) is 17.2 Å². The van der Waals surface area contributed by atoms with Crippen molar-refractivity contribution in [3.05, 3.63) is 76.3 Å². The second-order valence-electron chi connectivity index (χ2n) is 4.82. The highest BCUT2D eigenvalue weighted by atomic mass is 79.9. The van der Waals surface area contributed by atoms with Gasteiger partial charge in [-0.15, -0.1) is 0 Å². The number of ether oxygens (including phenoxy) is 1. The Bertz CT molecular complexity index is 677. The Hall–Kier alpha value is -1.91. The van der Waals surface area contributed by atoms with Crippen LogP contribution in [0.25, 0.3) is 5.57 Å². The number of hydrogen-bond acceptors (Lipinski definition) is 3. The van der Waals surface area contributed by atoms with Crippen LogP contribution in [0.2, 0.25) is 0 Å². The summed E-state index contributed by atoms with van der Waals surface area (Å²) in [6.07, 6.45) is -0.117. The van der Waals surface area contributed by atoms with Gasteiger partial charge in [0.05, 0.1) is 0 Å². The maximum Gasteiger partial charge on any atom is 0.331 e. The smallest absolute Gasteiger partial charge is 0.331 e. The topological polar surface area (TPSA) is 46.5 Å². The average molecular weight is 345 g/mol. The van der Waals surface area contributed by atoms with Crippen LogP contribution < -0.4 is 0 Å². The number of carbonyl (C=O) groups excluding carboxylic acids is 1. The van der Waals surface area contributed by atoms with Crippen LogP contribution in [0.15, 0.2) is 65.1 Å². The second kappa shape index (κ2) is 5.84. The molecule has 0 spiro atoms. The predicted molar refractivity (Wildman–Crippen MR) is 83.4 cm³/mol. The molecule has 0 aromatic heterocycles. The van der Waals surface area contributed by atoms with E-state index in [4.69, 9.17) is 4.74 Å². The van der Waals surface area contributed by atoms with E-state index in [1.54, 1.807) is 0 Å². The number of halogens is 1. The molecule has 2 atom stereocenters. The lowest BCUT2D eigenvalue weighted by atomic mass is 9.94. The Balaban J connectivity index is 1.93. The van der Waals surface area contributed by atoms with Crippen molar-refractivity contribution in [1.29, 1.82) is 0 Å². The maximum atomic E-state index is 11.6. The molecule has 3 nitrogen and oxygen atoms in total. The van der Waals surface area contributed by atoms with E-state index >= 15 is 0 Å². The quantitative estimate of drug-likeness (QED) is 0.867. The molecular formula is C17H13BrO3. The molecule has 0 amide bonds. The van der Waals surface area contributed by atoms with Gasteiger partial charge in [0, 0.05) is 16.1 Å². The zero-order valence-corrected chi connectivity index (χ0v) is 12.7. The summed E-state index contributed by atoms with van der Waals surface area (Å²) in [5.74, 6) is -0.423. The molecule has 0 aliphatic carbocycles. The van der Waals surface area contributed by atoms with Crippen molar-refractivity contribution in [2.45, 2.75) is 12.2 Å². The first-order valence-corrected chi connectivity index (χ1v) is 7.35. The fourth-order valence-electron chi connectivity index (χ4n) is 2.38. The van der Waals surface area contributed by atoms with Gasteiger partial charge in [-0.05, 0) is 23.3 Å². The highest BCUT2D eigenvalue weighted by Crippen LogP contribution is 2.34. The van der Waals surface area contributed by atoms with Gasteiger partial charge in [-0.2, -0.15) is 0 Å². The van der Waals surface area contributed by atoms with Crippen molar-refractivity contribution in [2.75, 3.05) is 0 Å². The lowest BCUT2D eigenvalue weighted by Gasteiger charge is -2.21. The summed E-state index contributed by atoms with van der Waals surface area (Å²) in [6, 6.07) is 16.8. The Morgan fingerprint density at radius 1 is 1.05 bits per heavy atom. The number of cyclic esters (lactones) is 1. The van der Waals surface area contributed by atoms with Gasteiger partial charge < -0.3 is 9.84 Å². The van der Waals surface area contributed by atoms with E-state index in [2.05, 4.69) is 15.9 Å². The summed E-state index contributed by atoms with van der Waals surface area (Å²) < 4.78 is 6.24. The van der Waals surface area contributed by atoms with Crippen LogP contribution in [0, 0.1) is 0 Å². The number of hydrogen-bond donors (Lipinski definition) is 1. The summed E-state index contributed by atoms with van der Waals surface area (Å²) in [4.78, 5) is 11.6. The standard InChI is InChI=1S/C17H13BrO3/c18-13-8-6-11(7-9-13)14-10-15(19)21-17(14)16(20)12-4-2-1-3-5-12/h1-10,16-17,20H/t16-,17+/m1/s1. The fraction of sp³-hybridized carbons (Fsp3) is 0.118. The number of aliphatic hydroxyl groups excluding tert-OH is 1. The van der Waals surface area contributed by atoms with E-state index in [1.165, 1.54) is 6.08 Å². The van der Waals surface area contributed by atoms with Gasteiger partial charge in [-0.25, -0.2) is 4.79 Å². The lowest BCUT2D eigenvalue weighted by molar-refractivity contribution is -0.142. The van der Waals surface area contributed by atoms with Crippen LogP contribution in [-0.2, 0) is 9.53 Å². The molecule has 1 aliphatic heterocycles. The SMILES string of the molecule is O=C1C=C(c2ccc(Br)cc2)[C@@H]([C@H](O)c2ccccc2)O1. The number of esters is 1. The molecule has 4 heteroatoms. The van der Waals surface area contributed by atoms with Crippen molar-refractivity contribution in [3.8, 4) is 0 Å². The van der Waals surface area contributed by atoms with Gasteiger partial charge in [-0.3, -0.25) is 0 Å². The molecule has 3 rings (SSSR count). The number of carbonyl (C=O) groups is 1. The Morgan fingerprint density at radius 3 is 2.38 bits per heavy atom. The molecule has 1 N–H and O–H groups in total. The van der Waals surface area contributed by atoms with Crippen molar-refractivity contribution in [1.82, 2.24) is 0 Å². The first kappa shape index (κ1) is 14.0. The third kappa shape index (κ3) is 2.91. The molecular weight excluding hydrogens is 332 g/mol. The van der Waals surface area contributed by atoms with Crippen LogP contribution in [0.3, 0.4) is 0 Å². The van der Waals surface area contributed by atoms with E-state index in [0.29, 0.717) is 5.57 Å². The first-order valence-electron chi connectivity index (χ1n) is 6.56. The summed E-state index contributed by atoms with van der Waals surface area (Å²) in [6.45, 7) is 0. The number of aliphatic hydroxyl groups is 1. The highest BCUT2D eigenvalue weighted by molar-refractivity contribution is 9.10. The molecule has 0 unspecified atom stereocenters. The Morgan fingerprint density at radius 2 is 1.71 bits per heavy atom. The van der Waals surface area contributed by atoms with Gasteiger partial charge in [0.15, 0.2) is 6.10 Å². The van der Waals surface area contributed by atoms with Gasteiger partial charge in [0.2, 0.25) is 0 Å². The molecule has 0 saturated carbocycles. The van der Waals surface area contributed by atoms with E-state index in [1.807, 2.05) is 54.6 Å². The molecule has 0 fully saturated rings. The van der Waals surface area contributed by atoms with Crippen LogP contribution in [-0.4, -0.2) is 17.2 Å². The zero-order valence-electron chi connectivity index (χ0n) is 11.1. The van der Waals surface area contributed by atoms with E-state index in [-0.39, 0.29) is 0 Å². The summed E-state index contributed by atoms with van der Waals surface area (Å²) >= 11 is 3.38. The van der Waals surface area contributed by atoms with E-state index < -0.39 is 18.2 Å². The van der Waals surface area contributed by atoms with E-state index in [9.17, 15) is 9.90 Å². The third-order valence-corrected chi connectivity index (χ3v) is 3.96. The van der Waals surface area contributed by atoms with Gasteiger partial charge in [-0.1, -0.05) is 58.4 Å². The van der Waals surface area contributed by atoms with Gasteiger partial charge in [0.1, 0.15) is 6.10 Å². The molecule has 2 aromatic carbocycles. The summed E-state index contributed by atoms with van der Waals surface area (Å²) in [5.41, 5.74) is 2.29. The summed E-state index contributed by atoms with van der Waals surface area (Å²) in [7, 11) is 0. The number of benzene rings is 2. The van der Waals surface area contributed by atoms with Crippen LogP contribution in [0.5, 0.6) is 0 Å². The van der Waals surface area contributed by atoms with Crippen molar-refractivity contribution in [3.63, 3.8) is 0 Å². The minimum atomic E-state index is -0.882. The molecule has 106 valence electrons. The fourth-order valence-corrected chi connectivity index (χ4v) is 2.65. The van der Waals surface area contributed by atoms with Gasteiger partial charge >= 0.3 is 5.97 Å². The van der Waals surface area contributed by atoms with Crippen LogP contribution >= 0.6 is 15.9 Å². The molecule has 1 aliphatic rings. The molecule has 2 aromatic rings. The largest absolute Gasteiger partial charge is 0.451 e. The van der Waals surface area contributed by atoms with Gasteiger partial charge in [0.25, 0.3) is 0 Å². The molecule has 0 bridgehead atoms. The Kier molecular flexibility index (Phi) is 3.90. The monoisotopic (exact) mass is 344 g/mol. The van der Waals surface area contributed by atoms with Crippen molar-refractivity contribution >= 4 is 27.5 Å². The molecule has 0 radical (unpaired) electrons. The summed E-state index contributed by atoms with van der Waals surface area (Å²) in [5, 5.41) is 10.5. The van der Waals surface area contributed by atoms with Crippen molar-refractivity contribution < 1.29 is 14.6 Å². The molecule has 0 saturated heterocycles. The number of rotatable bonds is 3. The second-order valence-corrected chi connectivity index (χ2v) is 5.74. The van der Waals surface area contributed by atoms with Crippen LogP contribution in [0.4, 0.5) is 0 Å². The third-order valence-electron chi connectivity index (χ3n) is 3.43. The van der Waals surface area contributed by atoms with Crippen molar-refractivity contribution in [2.24, 2.45) is 0 Å². The minimum Gasteiger partial charge on any atom is -0.451 e. The molecule has 1 heterocycles. The zero-order chi connectivity index (χ0) is 14.8. The predicted octanol–water partition coefficient (Wildman–Crippen LogP) is 3.49. The average Bonchev–Trinajstić information content (AvgIpc) is 2.90. The molecule has 21 heavy (non-hydrogen) atoms. The minimum absolute atomic E-state index is 0.423.